The highest BCUT2D eigenvalue weighted by molar-refractivity contribution is 7.18. The van der Waals surface area contributed by atoms with Crippen LogP contribution in [0, 0.1) is 0 Å². The molecule has 0 saturated carbocycles. The predicted molar refractivity (Wildman–Crippen MR) is 85.6 cm³/mol. The van der Waals surface area contributed by atoms with Crippen molar-refractivity contribution in [3.05, 3.63) is 34.0 Å². The molecule has 22 heavy (non-hydrogen) atoms. The summed E-state index contributed by atoms with van der Waals surface area (Å²) in [7, 11) is 0. The van der Waals surface area contributed by atoms with Gasteiger partial charge in [0.2, 0.25) is 0 Å². The van der Waals surface area contributed by atoms with E-state index >= 15 is 0 Å². The standard InChI is InChI=1S/C15H17N3O3S/c1-6-9(7(2)19)10(8-4-3-5-21-8)11-12(16)13(14(17)20)22-15(11)18-6/h3,5,8,10,18H,4,16H2,1-2H3,(H2,17,20). The molecule has 1 aromatic rings. The molecule has 3 heterocycles. The van der Waals surface area contributed by atoms with Crippen molar-refractivity contribution < 1.29 is 14.3 Å². The topological polar surface area (TPSA) is 107 Å². The summed E-state index contributed by atoms with van der Waals surface area (Å²) in [6, 6.07) is 0. The van der Waals surface area contributed by atoms with Gasteiger partial charge in [0.25, 0.3) is 5.91 Å². The Balaban J connectivity index is 2.18. The lowest BCUT2D eigenvalue weighted by Gasteiger charge is -2.31. The van der Waals surface area contributed by atoms with Gasteiger partial charge in [0.05, 0.1) is 22.9 Å². The highest BCUT2D eigenvalue weighted by Gasteiger charge is 2.40. The minimum Gasteiger partial charge on any atom is -0.497 e. The van der Waals surface area contributed by atoms with Gasteiger partial charge < -0.3 is 21.5 Å². The molecule has 2 aliphatic heterocycles. The number of rotatable bonds is 3. The first-order valence-corrected chi connectivity index (χ1v) is 7.74. The van der Waals surface area contributed by atoms with Gasteiger partial charge in [0, 0.05) is 23.3 Å². The molecule has 0 saturated heterocycles. The number of amides is 1. The molecule has 0 aliphatic carbocycles. The minimum atomic E-state index is -0.565. The van der Waals surface area contributed by atoms with Crippen LogP contribution < -0.4 is 16.8 Å². The monoisotopic (exact) mass is 319 g/mol. The number of hydrogen-bond acceptors (Lipinski definition) is 6. The number of anilines is 2. The fourth-order valence-corrected chi connectivity index (χ4v) is 4.20. The number of hydrogen-bond donors (Lipinski definition) is 3. The summed E-state index contributed by atoms with van der Waals surface area (Å²) in [4.78, 5) is 24.0. The summed E-state index contributed by atoms with van der Waals surface area (Å²) in [6.07, 6.45) is 4.04. The molecule has 0 aromatic carbocycles. The number of nitrogen functional groups attached to an aromatic ring is 1. The Morgan fingerprint density at radius 2 is 2.18 bits per heavy atom. The molecule has 3 rings (SSSR count). The van der Waals surface area contributed by atoms with Crippen molar-refractivity contribution in [1.29, 1.82) is 0 Å². The number of carbonyl (C=O) groups excluding carboxylic acids is 2. The summed E-state index contributed by atoms with van der Waals surface area (Å²) in [6.45, 7) is 3.37. The van der Waals surface area contributed by atoms with Gasteiger partial charge in [-0.15, -0.1) is 11.3 Å². The molecular weight excluding hydrogens is 302 g/mol. The van der Waals surface area contributed by atoms with Crippen LogP contribution in [0.2, 0.25) is 0 Å². The Kier molecular flexibility index (Phi) is 3.44. The lowest BCUT2D eigenvalue weighted by atomic mass is 9.80. The number of carbonyl (C=O) groups is 2. The van der Waals surface area contributed by atoms with Crippen molar-refractivity contribution in [2.75, 3.05) is 11.1 Å². The smallest absolute Gasteiger partial charge is 0.260 e. The fraction of sp³-hybridized carbons (Fsp3) is 0.333. The van der Waals surface area contributed by atoms with E-state index in [-0.39, 0.29) is 17.8 Å². The average Bonchev–Trinajstić information content (AvgIpc) is 3.05. The van der Waals surface area contributed by atoms with Crippen molar-refractivity contribution >= 4 is 33.7 Å². The quantitative estimate of drug-likeness (QED) is 0.791. The van der Waals surface area contributed by atoms with Gasteiger partial charge in [0.15, 0.2) is 5.78 Å². The van der Waals surface area contributed by atoms with E-state index in [9.17, 15) is 9.59 Å². The number of ketones is 1. The van der Waals surface area contributed by atoms with Crippen LogP contribution in [0.5, 0.6) is 0 Å². The van der Waals surface area contributed by atoms with Gasteiger partial charge >= 0.3 is 0 Å². The van der Waals surface area contributed by atoms with Gasteiger partial charge in [-0.3, -0.25) is 9.59 Å². The average molecular weight is 319 g/mol. The van der Waals surface area contributed by atoms with Gasteiger partial charge in [-0.2, -0.15) is 0 Å². The maximum atomic E-state index is 12.1. The Morgan fingerprint density at radius 3 is 2.73 bits per heavy atom. The lowest BCUT2D eigenvalue weighted by Crippen LogP contribution is -2.29. The fourth-order valence-electron chi connectivity index (χ4n) is 3.13. The second-order valence-electron chi connectivity index (χ2n) is 5.43. The molecule has 1 aromatic heterocycles. The Morgan fingerprint density at radius 1 is 1.45 bits per heavy atom. The van der Waals surface area contributed by atoms with Crippen LogP contribution in [0.25, 0.3) is 0 Å². The summed E-state index contributed by atoms with van der Waals surface area (Å²) in [5.74, 6) is -0.902. The number of nitrogens with two attached hydrogens (primary N) is 2. The zero-order valence-electron chi connectivity index (χ0n) is 12.3. The first-order valence-electron chi connectivity index (χ1n) is 6.93. The minimum absolute atomic E-state index is 0.0395. The van der Waals surface area contributed by atoms with E-state index in [1.807, 2.05) is 13.0 Å². The zero-order valence-corrected chi connectivity index (χ0v) is 13.1. The Bertz CT molecular complexity index is 725. The Labute approximate surface area is 131 Å². The van der Waals surface area contributed by atoms with E-state index in [1.165, 1.54) is 18.3 Å². The third-order valence-electron chi connectivity index (χ3n) is 4.00. The van der Waals surface area contributed by atoms with Crippen LogP contribution in [0.4, 0.5) is 10.7 Å². The SMILES string of the molecule is CC(=O)C1=C(C)Nc2sc(C(N)=O)c(N)c2C1C1CC=CO1. The first kappa shape index (κ1) is 14.6. The number of primary amides is 1. The summed E-state index contributed by atoms with van der Waals surface area (Å²) in [5, 5.41) is 3.93. The summed E-state index contributed by atoms with van der Waals surface area (Å²) < 4.78 is 5.64. The summed E-state index contributed by atoms with van der Waals surface area (Å²) >= 11 is 1.22. The van der Waals surface area contributed by atoms with Gasteiger partial charge in [-0.25, -0.2) is 0 Å². The largest absolute Gasteiger partial charge is 0.497 e. The van der Waals surface area contributed by atoms with Crippen molar-refractivity contribution in [3.8, 4) is 0 Å². The van der Waals surface area contributed by atoms with Crippen molar-refractivity contribution in [3.63, 3.8) is 0 Å². The molecule has 7 heteroatoms. The van der Waals surface area contributed by atoms with E-state index in [0.717, 1.165) is 16.3 Å². The molecule has 0 bridgehead atoms. The van der Waals surface area contributed by atoms with Gasteiger partial charge in [-0.1, -0.05) is 0 Å². The van der Waals surface area contributed by atoms with E-state index in [1.54, 1.807) is 6.26 Å². The van der Waals surface area contributed by atoms with Crippen LogP contribution >= 0.6 is 11.3 Å². The lowest BCUT2D eigenvalue weighted by molar-refractivity contribution is -0.114. The molecular formula is C15H17N3O3S. The molecule has 2 atom stereocenters. The maximum absolute atomic E-state index is 12.1. The van der Waals surface area contributed by atoms with Gasteiger partial charge in [-0.05, 0) is 19.9 Å². The highest BCUT2D eigenvalue weighted by atomic mass is 32.1. The van der Waals surface area contributed by atoms with Crippen LogP contribution in [0.15, 0.2) is 23.6 Å². The molecule has 0 spiro atoms. The third kappa shape index (κ3) is 2.09. The second kappa shape index (κ2) is 5.17. The van der Waals surface area contributed by atoms with Crippen LogP contribution in [0.1, 0.15) is 41.4 Å². The van der Waals surface area contributed by atoms with Crippen molar-refractivity contribution in [1.82, 2.24) is 0 Å². The number of nitrogens with one attached hydrogen (secondary N) is 1. The van der Waals surface area contributed by atoms with Crippen LogP contribution in [0.3, 0.4) is 0 Å². The maximum Gasteiger partial charge on any atom is 0.260 e. The number of Topliss-reactive ketones (excluding diaryl/α,β-unsaturated/α-hetero) is 1. The number of ether oxygens (including phenoxy) is 1. The summed E-state index contributed by atoms with van der Waals surface area (Å²) in [5.41, 5.74) is 14.0. The molecule has 2 aliphatic rings. The van der Waals surface area contributed by atoms with E-state index in [4.69, 9.17) is 16.2 Å². The van der Waals surface area contributed by atoms with E-state index in [0.29, 0.717) is 22.6 Å². The van der Waals surface area contributed by atoms with Crippen LogP contribution in [-0.2, 0) is 9.53 Å². The van der Waals surface area contributed by atoms with Crippen molar-refractivity contribution in [2.24, 2.45) is 5.73 Å². The Hall–Kier alpha value is -2.28. The first-order chi connectivity index (χ1) is 10.4. The molecule has 0 radical (unpaired) electrons. The molecule has 6 nitrogen and oxygen atoms in total. The molecule has 2 unspecified atom stereocenters. The van der Waals surface area contributed by atoms with Gasteiger partial charge in [0.1, 0.15) is 11.0 Å². The number of fused-ring (bicyclic) bond motifs is 1. The second-order valence-corrected chi connectivity index (χ2v) is 6.45. The number of allylic oxidation sites excluding steroid dienone is 1. The molecule has 5 N–H and O–H groups in total. The van der Waals surface area contributed by atoms with Crippen LogP contribution in [-0.4, -0.2) is 17.8 Å². The third-order valence-corrected chi connectivity index (χ3v) is 5.15. The normalized spacial score (nSPS) is 23.0. The van der Waals surface area contributed by atoms with Crippen molar-refractivity contribution in [2.45, 2.75) is 32.3 Å². The molecule has 0 fully saturated rings. The molecule has 1 amide bonds. The van der Waals surface area contributed by atoms with E-state index < -0.39 is 5.91 Å². The predicted octanol–water partition coefficient (Wildman–Crippen LogP) is 2.10. The molecule has 116 valence electrons. The zero-order chi connectivity index (χ0) is 16.0. The van der Waals surface area contributed by atoms with E-state index in [2.05, 4.69) is 5.32 Å². The highest BCUT2D eigenvalue weighted by Crippen LogP contribution is 2.50. The number of thiophene rings is 1.